The molecule has 10 aromatic carbocycles. The van der Waals surface area contributed by atoms with Crippen LogP contribution in [0.1, 0.15) is 69.4 Å². The molecule has 8 heteroatoms. The summed E-state index contributed by atoms with van der Waals surface area (Å²) in [7, 11) is 0. The van der Waals surface area contributed by atoms with Crippen LogP contribution in [0.5, 0.6) is 0 Å². The predicted octanol–water partition coefficient (Wildman–Crippen LogP) is 18.3. The Kier molecular flexibility index (Phi) is 12.3. The van der Waals surface area contributed by atoms with E-state index in [1.807, 2.05) is 84.9 Å². The summed E-state index contributed by atoms with van der Waals surface area (Å²) in [6.45, 7) is 13.5. The fourth-order valence-electron chi connectivity index (χ4n) is 11.4. The van der Waals surface area contributed by atoms with E-state index in [4.69, 9.17) is 15.0 Å². The lowest BCUT2D eigenvalue weighted by Gasteiger charge is -2.20. The quantitative estimate of drug-likeness (QED) is 0.149. The van der Waals surface area contributed by atoms with Crippen molar-refractivity contribution in [1.82, 2.24) is 24.1 Å². The van der Waals surface area contributed by atoms with Gasteiger partial charge in [-0.25, -0.2) is 15.0 Å². The summed E-state index contributed by atoms with van der Waals surface area (Å²) in [5.41, 5.74) is 17.9. The van der Waals surface area contributed by atoms with Crippen LogP contribution in [0.3, 0.4) is 0 Å². The van der Waals surface area contributed by atoms with Gasteiger partial charge in [0.1, 0.15) is 0 Å². The molecule has 3 aromatic heterocycles. The minimum atomic E-state index is -0.0849. The largest absolute Gasteiger partial charge is 0.308 e. The van der Waals surface area contributed by atoms with Crippen molar-refractivity contribution >= 4 is 43.6 Å². The molecule has 0 aliphatic heterocycles. The maximum absolute atomic E-state index is 10.1. The number of nitriles is 3. The predicted molar refractivity (Wildman–Crippen MR) is 333 cm³/mol. The van der Waals surface area contributed by atoms with Gasteiger partial charge in [-0.2, -0.15) is 15.8 Å². The second kappa shape index (κ2) is 19.9. The zero-order valence-electron chi connectivity index (χ0n) is 46.4. The summed E-state index contributed by atoms with van der Waals surface area (Å²) in [5.74, 6) is 1.41. The molecule has 0 saturated heterocycles. The van der Waals surface area contributed by atoms with Crippen molar-refractivity contribution in [1.29, 1.82) is 15.8 Å². The average molecular weight is 1060 g/mol. The Morgan fingerprint density at radius 2 is 0.683 bits per heavy atom. The van der Waals surface area contributed by atoms with Gasteiger partial charge in [0.25, 0.3) is 0 Å². The second-order valence-corrected chi connectivity index (χ2v) is 23.1. The molecule has 0 amide bonds. The molecule has 13 rings (SSSR count). The Bertz CT molecular complexity index is 4590. The minimum Gasteiger partial charge on any atom is -0.308 e. The first-order chi connectivity index (χ1) is 39.7. The summed E-state index contributed by atoms with van der Waals surface area (Å²) < 4.78 is 4.66. The summed E-state index contributed by atoms with van der Waals surface area (Å²) in [6, 6.07) is 81.7. The normalized spacial score (nSPS) is 11.7. The number of hydrogen-bond donors (Lipinski definition) is 0. The van der Waals surface area contributed by atoms with E-state index in [0.29, 0.717) is 34.2 Å². The maximum Gasteiger partial charge on any atom is 0.166 e. The van der Waals surface area contributed by atoms with Crippen molar-refractivity contribution in [2.75, 3.05) is 0 Å². The van der Waals surface area contributed by atoms with E-state index in [1.165, 1.54) is 11.1 Å². The van der Waals surface area contributed by atoms with Crippen LogP contribution in [0, 0.1) is 34.0 Å². The van der Waals surface area contributed by atoms with Crippen LogP contribution in [0.4, 0.5) is 0 Å². The molecule has 0 aliphatic carbocycles. The number of aromatic nitrogens is 5. The first kappa shape index (κ1) is 50.8. The molecule has 82 heavy (non-hydrogen) atoms. The van der Waals surface area contributed by atoms with Crippen molar-refractivity contribution < 1.29 is 0 Å². The highest BCUT2D eigenvalue weighted by Gasteiger charge is 2.26. The number of rotatable bonds is 8. The van der Waals surface area contributed by atoms with E-state index in [2.05, 4.69) is 202 Å². The third kappa shape index (κ3) is 9.02. The Morgan fingerprint density at radius 1 is 0.305 bits per heavy atom. The number of nitrogens with zero attached hydrogens (tertiary/aromatic N) is 8. The molecule has 0 fully saturated rings. The Hall–Kier alpha value is -10.7. The van der Waals surface area contributed by atoms with Gasteiger partial charge in [0.2, 0.25) is 0 Å². The minimum absolute atomic E-state index is 0.0849. The summed E-state index contributed by atoms with van der Waals surface area (Å²) in [6.07, 6.45) is 0. The van der Waals surface area contributed by atoms with Gasteiger partial charge >= 0.3 is 0 Å². The van der Waals surface area contributed by atoms with Crippen LogP contribution in [-0.2, 0) is 10.8 Å². The number of fused-ring (bicyclic) bond motifs is 6. The third-order valence-corrected chi connectivity index (χ3v) is 15.8. The maximum atomic E-state index is 10.1. The van der Waals surface area contributed by atoms with Crippen LogP contribution in [0.25, 0.3) is 123 Å². The van der Waals surface area contributed by atoms with Gasteiger partial charge in [-0.15, -0.1) is 0 Å². The van der Waals surface area contributed by atoms with Crippen LogP contribution < -0.4 is 0 Å². The fraction of sp³-hybridized carbons (Fsp3) is 0.108. The summed E-state index contributed by atoms with van der Waals surface area (Å²) >= 11 is 0. The Balaban J connectivity index is 1.11. The lowest BCUT2D eigenvalue weighted by atomic mass is 9.86. The van der Waals surface area contributed by atoms with E-state index >= 15 is 0 Å². The molecular weight excluding hydrogens is 1000 g/mol. The zero-order chi connectivity index (χ0) is 56.4. The highest BCUT2D eigenvalue weighted by Crippen LogP contribution is 2.43. The van der Waals surface area contributed by atoms with E-state index in [9.17, 15) is 15.8 Å². The number of benzene rings is 10. The number of para-hydroxylation sites is 2. The molecule has 13 aromatic rings. The van der Waals surface area contributed by atoms with Crippen molar-refractivity contribution in [3.8, 4) is 97.1 Å². The highest BCUT2D eigenvalue weighted by atomic mass is 15.1. The van der Waals surface area contributed by atoms with Crippen molar-refractivity contribution in [2.24, 2.45) is 0 Å². The molecule has 0 radical (unpaired) electrons. The average Bonchev–Trinajstić information content (AvgIpc) is 2.29. The zero-order valence-corrected chi connectivity index (χ0v) is 46.4. The molecule has 0 unspecified atom stereocenters. The molecule has 0 bridgehead atoms. The smallest absolute Gasteiger partial charge is 0.166 e. The molecule has 390 valence electrons. The van der Waals surface area contributed by atoms with Gasteiger partial charge in [0.05, 0.1) is 68.3 Å². The summed E-state index contributed by atoms with van der Waals surface area (Å²) in [5, 5.41) is 34.2. The van der Waals surface area contributed by atoms with Gasteiger partial charge in [-0.05, 0) is 152 Å². The van der Waals surface area contributed by atoms with Crippen LogP contribution in [0.2, 0.25) is 0 Å². The molecule has 3 heterocycles. The SMILES string of the molecule is CC(C)(C)c1ccc2c(c1)c1ccccc1n2-c1cc(-c2cccc(C#N)c2)ccc1-c1nc(-c2ccc(-c3ccc(C#N)cc3)cc2)nc(-c2ccc(-c3cccc(C#N)c3)cc2-n2c3ccccc3c3cc(C(C)(C)C)ccc32)n1. The lowest BCUT2D eigenvalue weighted by Crippen LogP contribution is -2.10. The topological polar surface area (TPSA) is 120 Å². The van der Waals surface area contributed by atoms with Gasteiger partial charge in [-0.3, -0.25) is 0 Å². The number of hydrogen-bond acceptors (Lipinski definition) is 6. The van der Waals surface area contributed by atoms with E-state index in [0.717, 1.165) is 105 Å². The van der Waals surface area contributed by atoms with E-state index in [1.54, 1.807) is 0 Å². The molecule has 8 nitrogen and oxygen atoms in total. The van der Waals surface area contributed by atoms with Gasteiger partial charge in [0, 0.05) is 38.2 Å². The second-order valence-electron chi connectivity index (χ2n) is 23.1. The molecule has 0 spiro atoms. The third-order valence-electron chi connectivity index (χ3n) is 15.8. The lowest BCUT2D eigenvalue weighted by molar-refractivity contribution is 0.591. The molecule has 0 saturated carbocycles. The first-order valence-corrected chi connectivity index (χ1v) is 27.5. The van der Waals surface area contributed by atoms with Crippen molar-refractivity contribution in [3.05, 3.63) is 246 Å². The first-order valence-electron chi connectivity index (χ1n) is 27.5. The van der Waals surface area contributed by atoms with E-state index < -0.39 is 0 Å². The summed E-state index contributed by atoms with van der Waals surface area (Å²) in [4.78, 5) is 16.6. The molecule has 0 atom stereocenters. The van der Waals surface area contributed by atoms with Crippen LogP contribution in [0.15, 0.2) is 218 Å². The molecular formula is C74H54N8. The Labute approximate surface area is 476 Å². The monoisotopic (exact) mass is 1050 g/mol. The van der Waals surface area contributed by atoms with Crippen molar-refractivity contribution in [2.45, 2.75) is 52.4 Å². The van der Waals surface area contributed by atoms with Gasteiger partial charge in [-0.1, -0.05) is 163 Å². The fourth-order valence-corrected chi connectivity index (χ4v) is 11.4. The van der Waals surface area contributed by atoms with Crippen LogP contribution in [-0.4, -0.2) is 24.1 Å². The Morgan fingerprint density at radius 3 is 1.12 bits per heavy atom. The standard InChI is InChI=1S/C74H54N8/c1-73(2,3)56-31-35-66-62(41-56)58-17-7-9-19-64(58)81(66)68-39-54(52-15-11-13-47(37-52)44-76)29-33-60(68)71-78-70(51-27-25-50(26-28-51)49-23-21-46(43-75)22-24-49)79-72(80-71)61-34-30-55(53-16-12-14-48(38-53)45-77)40-69(61)82-65-20-10-8-18-59(65)63-42-57(74(4,5)6)32-36-67(63)82/h7-42H,1-6H3. The molecule has 0 aliphatic rings. The van der Waals surface area contributed by atoms with Gasteiger partial charge < -0.3 is 9.13 Å². The molecule has 0 N–H and O–H groups in total. The van der Waals surface area contributed by atoms with Gasteiger partial charge in [0.15, 0.2) is 17.5 Å². The highest BCUT2D eigenvalue weighted by molar-refractivity contribution is 6.11. The van der Waals surface area contributed by atoms with E-state index in [-0.39, 0.29) is 10.8 Å². The van der Waals surface area contributed by atoms with Crippen molar-refractivity contribution in [3.63, 3.8) is 0 Å². The van der Waals surface area contributed by atoms with Crippen LogP contribution >= 0.6 is 0 Å².